The largest absolute Gasteiger partial charge is 0.452 e. The lowest BCUT2D eigenvalue weighted by molar-refractivity contribution is -0.123. The number of rotatable bonds is 5. The van der Waals surface area contributed by atoms with Crippen LogP contribution < -0.4 is 10.2 Å². The number of aryl methyl sites for hydroxylation is 1. The van der Waals surface area contributed by atoms with Gasteiger partial charge in [-0.05, 0) is 30.3 Å². The molecule has 2 rings (SSSR count). The molecule has 1 N–H and O–H groups in total. The molecular formula is C17H19N3O4. The first-order chi connectivity index (χ1) is 11.4. The SMILES string of the molecule is CN(C)c1cccc(C(=O)OCC(=O)NC(=O)c2cccn2C)c1. The molecule has 1 heterocycles. The zero-order valence-corrected chi connectivity index (χ0v) is 13.8. The highest BCUT2D eigenvalue weighted by atomic mass is 16.5. The van der Waals surface area contributed by atoms with Gasteiger partial charge >= 0.3 is 5.97 Å². The molecule has 7 heteroatoms. The highest BCUT2D eigenvalue weighted by Crippen LogP contribution is 2.14. The van der Waals surface area contributed by atoms with Crippen molar-refractivity contribution >= 4 is 23.5 Å². The summed E-state index contributed by atoms with van der Waals surface area (Å²) >= 11 is 0. The monoisotopic (exact) mass is 329 g/mol. The maximum atomic E-state index is 12.0. The number of anilines is 1. The summed E-state index contributed by atoms with van der Waals surface area (Å²) in [5.74, 6) is -1.85. The number of aromatic nitrogens is 1. The van der Waals surface area contributed by atoms with Crippen LogP contribution in [0.15, 0.2) is 42.6 Å². The summed E-state index contributed by atoms with van der Waals surface area (Å²) in [6.45, 7) is -0.527. The number of carbonyl (C=O) groups excluding carboxylic acids is 3. The summed E-state index contributed by atoms with van der Waals surface area (Å²) in [5.41, 5.74) is 1.52. The maximum absolute atomic E-state index is 12.0. The van der Waals surface area contributed by atoms with E-state index in [1.807, 2.05) is 25.1 Å². The van der Waals surface area contributed by atoms with E-state index in [2.05, 4.69) is 5.32 Å². The van der Waals surface area contributed by atoms with E-state index in [0.29, 0.717) is 11.3 Å². The summed E-state index contributed by atoms with van der Waals surface area (Å²) in [6, 6.07) is 10.1. The second-order valence-electron chi connectivity index (χ2n) is 5.40. The molecule has 0 atom stereocenters. The van der Waals surface area contributed by atoms with Crippen LogP contribution in [-0.2, 0) is 16.6 Å². The van der Waals surface area contributed by atoms with Gasteiger partial charge in [-0.15, -0.1) is 0 Å². The van der Waals surface area contributed by atoms with Gasteiger partial charge in [-0.2, -0.15) is 0 Å². The molecule has 24 heavy (non-hydrogen) atoms. The lowest BCUT2D eigenvalue weighted by Crippen LogP contribution is -2.35. The first kappa shape index (κ1) is 17.3. The summed E-state index contributed by atoms with van der Waals surface area (Å²) in [7, 11) is 5.40. The van der Waals surface area contributed by atoms with Crippen LogP contribution in [0.4, 0.5) is 5.69 Å². The number of hydrogen-bond acceptors (Lipinski definition) is 5. The summed E-state index contributed by atoms with van der Waals surface area (Å²) in [4.78, 5) is 37.4. The van der Waals surface area contributed by atoms with Crippen LogP contribution in [0.1, 0.15) is 20.8 Å². The number of amides is 2. The number of ether oxygens (including phenoxy) is 1. The Morgan fingerprint density at radius 1 is 1.17 bits per heavy atom. The van der Waals surface area contributed by atoms with Gasteiger partial charge in [0.05, 0.1) is 5.56 Å². The molecule has 1 aromatic carbocycles. The number of imide groups is 1. The standard InChI is InChI=1S/C17H19N3O4/c1-19(2)13-7-4-6-12(10-13)17(23)24-11-15(21)18-16(22)14-8-5-9-20(14)3/h4-10H,11H2,1-3H3,(H,18,21,22). The highest BCUT2D eigenvalue weighted by Gasteiger charge is 2.15. The van der Waals surface area contributed by atoms with Crippen molar-refractivity contribution in [1.82, 2.24) is 9.88 Å². The number of nitrogens with one attached hydrogen (secondary N) is 1. The predicted octanol–water partition coefficient (Wildman–Crippen LogP) is 1.20. The molecule has 0 saturated carbocycles. The quantitative estimate of drug-likeness (QED) is 0.834. The molecule has 0 aliphatic heterocycles. The zero-order valence-electron chi connectivity index (χ0n) is 13.8. The molecule has 0 fully saturated rings. The lowest BCUT2D eigenvalue weighted by Gasteiger charge is -2.13. The van der Waals surface area contributed by atoms with E-state index in [4.69, 9.17) is 4.74 Å². The van der Waals surface area contributed by atoms with Crippen LogP contribution in [0.25, 0.3) is 0 Å². The van der Waals surface area contributed by atoms with E-state index in [0.717, 1.165) is 5.69 Å². The molecule has 0 unspecified atom stereocenters. The van der Waals surface area contributed by atoms with Crippen LogP contribution in [0.3, 0.4) is 0 Å². The molecule has 0 spiro atoms. The van der Waals surface area contributed by atoms with E-state index in [9.17, 15) is 14.4 Å². The van der Waals surface area contributed by atoms with Gasteiger partial charge in [0.15, 0.2) is 6.61 Å². The summed E-state index contributed by atoms with van der Waals surface area (Å²) < 4.78 is 6.53. The van der Waals surface area contributed by atoms with Crippen LogP contribution in [0.5, 0.6) is 0 Å². The Bertz CT molecular complexity index is 765. The number of nitrogens with zero attached hydrogens (tertiary/aromatic N) is 2. The van der Waals surface area contributed by atoms with Gasteiger partial charge in [-0.3, -0.25) is 14.9 Å². The minimum absolute atomic E-state index is 0.336. The molecule has 126 valence electrons. The Morgan fingerprint density at radius 2 is 1.92 bits per heavy atom. The average molecular weight is 329 g/mol. The molecule has 0 radical (unpaired) electrons. The molecule has 2 amide bonds. The third kappa shape index (κ3) is 4.22. The normalized spacial score (nSPS) is 10.1. The molecule has 0 aliphatic carbocycles. The summed E-state index contributed by atoms with van der Waals surface area (Å²) in [6.07, 6.45) is 1.69. The third-order valence-electron chi connectivity index (χ3n) is 3.36. The highest BCUT2D eigenvalue weighted by molar-refractivity contribution is 6.04. The van der Waals surface area contributed by atoms with Gasteiger partial charge in [0.2, 0.25) is 0 Å². The molecular weight excluding hydrogens is 310 g/mol. The molecule has 2 aromatic rings. The van der Waals surface area contributed by atoms with Crippen molar-refractivity contribution in [2.24, 2.45) is 7.05 Å². The van der Waals surface area contributed by atoms with Gasteiger partial charge in [-0.25, -0.2) is 4.79 Å². The fraction of sp³-hybridized carbons (Fsp3) is 0.235. The van der Waals surface area contributed by atoms with Crippen molar-refractivity contribution in [3.05, 3.63) is 53.9 Å². The van der Waals surface area contributed by atoms with E-state index in [1.165, 1.54) is 0 Å². The van der Waals surface area contributed by atoms with Gasteiger partial charge < -0.3 is 14.2 Å². The Labute approximate surface area is 139 Å². The van der Waals surface area contributed by atoms with Gasteiger partial charge in [0.1, 0.15) is 5.69 Å². The summed E-state index contributed by atoms with van der Waals surface area (Å²) in [5, 5.41) is 2.18. The van der Waals surface area contributed by atoms with Crippen LogP contribution >= 0.6 is 0 Å². The average Bonchev–Trinajstić information content (AvgIpc) is 2.98. The van der Waals surface area contributed by atoms with Crippen LogP contribution in [0, 0.1) is 0 Å². The number of benzene rings is 1. The Kier molecular flexibility index (Phi) is 5.36. The molecule has 1 aromatic heterocycles. The Balaban J connectivity index is 1.89. The molecule has 0 bridgehead atoms. The van der Waals surface area contributed by atoms with Gasteiger partial charge in [-0.1, -0.05) is 6.07 Å². The third-order valence-corrected chi connectivity index (χ3v) is 3.36. The number of carbonyl (C=O) groups is 3. The zero-order chi connectivity index (χ0) is 17.7. The second kappa shape index (κ2) is 7.45. The van der Waals surface area contributed by atoms with Crippen molar-refractivity contribution in [2.45, 2.75) is 0 Å². The number of esters is 1. The molecule has 7 nitrogen and oxygen atoms in total. The predicted molar refractivity (Wildman–Crippen MR) is 88.9 cm³/mol. The van der Waals surface area contributed by atoms with Crippen molar-refractivity contribution in [2.75, 3.05) is 25.6 Å². The van der Waals surface area contributed by atoms with Gasteiger partial charge in [0.25, 0.3) is 11.8 Å². The Morgan fingerprint density at radius 3 is 2.54 bits per heavy atom. The minimum atomic E-state index is -0.682. The Hall–Kier alpha value is -3.09. The second-order valence-corrected chi connectivity index (χ2v) is 5.40. The first-order valence-corrected chi connectivity index (χ1v) is 7.28. The van der Waals surface area contributed by atoms with E-state index in [-0.39, 0.29) is 0 Å². The first-order valence-electron chi connectivity index (χ1n) is 7.28. The molecule has 0 saturated heterocycles. The van der Waals surface area contributed by atoms with Crippen molar-refractivity contribution in [3.8, 4) is 0 Å². The van der Waals surface area contributed by atoms with E-state index >= 15 is 0 Å². The van der Waals surface area contributed by atoms with E-state index < -0.39 is 24.4 Å². The van der Waals surface area contributed by atoms with Gasteiger partial charge in [0, 0.05) is 33.0 Å². The van der Waals surface area contributed by atoms with Crippen molar-refractivity contribution in [3.63, 3.8) is 0 Å². The van der Waals surface area contributed by atoms with Crippen molar-refractivity contribution in [1.29, 1.82) is 0 Å². The smallest absolute Gasteiger partial charge is 0.338 e. The fourth-order valence-electron chi connectivity index (χ4n) is 2.05. The number of hydrogen-bond donors (Lipinski definition) is 1. The topological polar surface area (TPSA) is 80.6 Å². The fourth-order valence-corrected chi connectivity index (χ4v) is 2.05. The lowest BCUT2D eigenvalue weighted by atomic mass is 10.2. The van der Waals surface area contributed by atoms with Crippen LogP contribution in [0.2, 0.25) is 0 Å². The molecule has 0 aliphatic rings. The minimum Gasteiger partial charge on any atom is -0.452 e. The van der Waals surface area contributed by atoms with E-state index in [1.54, 1.807) is 48.1 Å². The van der Waals surface area contributed by atoms with Crippen LogP contribution in [-0.4, -0.2) is 43.1 Å². The maximum Gasteiger partial charge on any atom is 0.338 e. The van der Waals surface area contributed by atoms with Crippen molar-refractivity contribution < 1.29 is 19.1 Å².